The molecule has 162 valence electrons. The number of carbonyl (C=O) groups excluding carboxylic acids is 2. The van der Waals surface area contributed by atoms with Gasteiger partial charge in [-0.25, -0.2) is 13.1 Å². The van der Waals surface area contributed by atoms with Crippen LogP contribution >= 0.6 is 11.6 Å². The van der Waals surface area contributed by atoms with Crippen LogP contribution in [0, 0.1) is 0 Å². The number of methoxy groups -OCH3 is 1. The van der Waals surface area contributed by atoms with Crippen molar-refractivity contribution in [3.8, 4) is 5.75 Å². The molecule has 11 heteroatoms. The third-order valence-electron chi connectivity index (χ3n) is 4.12. The lowest BCUT2D eigenvalue weighted by molar-refractivity contribution is 0.0845. The van der Waals surface area contributed by atoms with Gasteiger partial charge in [0.25, 0.3) is 11.8 Å². The molecule has 31 heavy (non-hydrogen) atoms. The monoisotopic (exact) mass is 463 g/mol. The van der Waals surface area contributed by atoms with Gasteiger partial charge in [0.15, 0.2) is 0 Å². The van der Waals surface area contributed by atoms with E-state index in [-0.39, 0.29) is 28.3 Å². The fraction of sp³-hybridized carbons (Fsp3) is 0.100. The van der Waals surface area contributed by atoms with E-state index in [1.807, 2.05) is 0 Å². The molecule has 0 bridgehead atoms. The largest absolute Gasteiger partial charge is 0.496 e. The summed E-state index contributed by atoms with van der Waals surface area (Å²) in [7, 11) is -2.50. The van der Waals surface area contributed by atoms with E-state index in [9.17, 15) is 18.0 Å². The van der Waals surface area contributed by atoms with Gasteiger partial charge in [0.1, 0.15) is 11.5 Å². The second kappa shape index (κ2) is 9.65. The number of halogens is 1. The van der Waals surface area contributed by atoms with E-state index in [1.165, 1.54) is 49.8 Å². The first kappa shape index (κ1) is 22.3. The summed E-state index contributed by atoms with van der Waals surface area (Å²) in [6.07, 6.45) is 1.43. The molecule has 0 saturated heterocycles. The van der Waals surface area contributed by atoms with Gasteiger partial charge in [-0.2, -0.15) is 0 Å². The SMILES string of the molecule is COc1ccc(Cl)cc1C(=O)NNC(=O)c1cccc(S(=O)(=O)NCc2ccco2)c1. The Morgan fingerprint density at radius 3 is 2.52 bits per heavy atom. The van der Waals surface area contributed by atoms with Crippen LogP contribution in [-0.4, -0.2) is 27.3 Å². The van der Waals surface area contributed by atoms with Gasteiger partial charge in [-0.05, 0) is 48.5 Å². The third-order valence-corrected chi connectivity index (χ3v) is 5.75. The summed E-state index contributed by atoms with van der Waals surface area (Å²) in [5.41, 5.74) is 4.63. The second-order valence-electron chi connectivity index (χ2n) is 6.18. The van der Waals surface area contributed by atoms with Gasteiger partial charge in [0.2, 0.25) is 10.0 Å². The van der Waals surface area contributed by atoms with Crippen LogP contribution in [-0.2, 0) is 16.6 Å². The minimum Gasteiger partial charge on any atom is -0.496 e. The number of nitrogens with one attached hydrogen (secondary N) is 3. The summed E-state index contributed by atoms with van der Waals surface area (Å²) in [6.45, 7) is -0.0384. The smallest absolute Gasteiger partial charge is 0.273 e. The van der Waals surface area contributed by atoms with Crippen molar-refractivity contribution in [1.82, 2.24) is 15.6 Å². The number of sulfonamides is 1. The van der Waals surface area contributed by atoms with E-state index < -0.39 is 21.8 Å². The molecule has 3 N–H and O–H groups in total. The topological polar surface area (TPSA) is 127 Å². The summed E-state index contributed by atoms with van der Waals surface area (Å²) in [4.78, 5) is 24.7. The maximum Gasteiger partial charge on any atom is 0.273 e. The molecule has 0 fully saturated rings. The first-order valence-corrected chi connectivity index (χ1v) is 10.7. The molecule has 1 heterocycles. The van der Waals surface area contributed by atoms with Crippen LogP contribution in [0.2, 0.25) is 5.02 Å². The van der Waals surface area contributed by atoms with Crippen LogP contribution < -0.4 is 20.3 Å². The van der Waals surface area contributed by atoms with Crippen LogP contribution in [0.1, 0.15) is 26.5 Å². The fourth-order valence-electron chi connectivity index (χ4n) is 2.58. The highest BCUT2D eigenvalue weighted by atomic mass is 35.5. The lowest BCUT2D eigenvalue weighted by atomic mass is 10.2. The lowest BCUT2D eigenvalue weighted by Crippen LogP contribution is -2.41. The Balaban J connectivity index is 1.67. The Morgan fingerprint density at radius 1 is 1.03 bits per heavy atom. The van der Waals surface area contributed by atoms with Crippen LogP contribution in [0.15, 0.2) is 70.2 Å². The Labute approximate surface area is 183 Å². The first-order chi connectivity index (χ1) is 14.8. The van der Waals surface area contributed by atoms with Crippen LogP contribution in [0.5, 0.6) is 5.75 Å². The molecule has 0 aliphatic carbocycles. The molecule has 9 nitrogen and oxygen atoms in total. The van der Waals surface area contributed by atoms with Crippen molar-refractivity contribution in [2.75, 3.05) is 7.11 Å². The number of carbonyl (C=O) groups is 2. The number of furan rings is 1. The number of hydrogen-bond donors (Lipinski definition) is 3. The summed E-state index contributed by atoms with van der Waals surface area (Å²) in [6, 6.07) is 13.1. The molecular formula is C20H18ClN3O6S. The van der Waals surface area contributed by atoms with E-state index in [1.54, 1.807) is 18.2 Å². The van der Waals surface area contributed by atoms with Gasteiger partial charge >= 0.3 is 0 Å². The minimum absolute atomic E-state index is 0.0271. The van der Waals surface area contributed by atoms with Gasteiger partial charge in [0.05, 0.1) is 30.4 Å². The van der Waals surface area contributed by atoms with Crippen molar-refractivity contribution >= 4 is 33.4 Å². The highest BCUT2D eigenvalue weighted by Gasteiger charge is 2.18. The molecule has 3 rings (SSSR count). The molecule has 3 aromatic rings. The molecular weight excluding hydrogens is 446 g/mol. The Morgan fingerprint density at radius 2 is 1.81 bits per heavy atom. The number of rotatable bonds is 7. The summed E-state index contributed by atoms with van der Waals surface area (Å²) >= 11 is 5.90. The molecule has 0 aliphatic heterocycles. The van der Waals surface area contributed by atoms with Gasteiger partial charge < -0.3 is 9.15 Å². The van der Waals surface area contributed by atoms with E-state index in [2.05, 4.69) is 15.6 Å². The van der Waals surface area contributed by atoms with Gasteiger partial charge in [-0.1, -0.05) is 17.7 Å². The quantitative estimate of drug-likeness (QED) is 0.462. The molecule has 0 unspecified atom stereocenters. The number of amides is 2. The van der Waals surface area contributed by atoms with E-state index in [0.29, 0.717) is 10.8 Å². The van der Waals surface area contributed by atoms with Gasteiger partial charge in [-0.3, -0.25) is 20.4 Å². The summed E-state index contributed by atoms with van der Waals surface area (Å²) in [5.74, 6) is -0.655. The molecule has 0 saturated carbocycles. The van der Waals surface area contributed by atoms with Crippen molar-refractivity contribution in [1.29, 1.82) is 0 Å². The average molecular weight is 464 g/mol. The van der Waals surface area contributed by atoms with Crippen LogP contribution in [0.4, 0.5) is 0 Å². The van der Waals surface area contributed by atoms with Crippen molar-refractivity contribution in [2.45, 2.75) is 11.4 Å². The lowest BCUT2D eigenvalue weighted by Gasteiger charge is -2.11. The maximum atomic E-state index is 12.5. The normalized spacial score (nSPS) is 11.0. The molecule has 0 radical (unpaired) electrons. The zero-order valence-corrected chi connectivity index (χ0v) is 17.8. The third kappa shape index (κ3) is 5.63. The molecule has 1 aromatic heterocycles. The highest BCUT2D eigenvalue weighted by molar-refractivity contribution is 7.89. The van der Waals surface area contributed by atoms with Crippen LogP contribution in [0.25, 0.3) is 0 Å². The molecule has 0 atom stereocenters. The zero-order valence-electron chi connectivity index (χ0n) is 16.2. The Kier molecular flexibility index (Phi) is 6.95. The first-order valence-electron chi connectivity index (χ1n) is 8.86. The number of ether oxygens (including phenoxy) is 1. The Bertz CT molecular complexity index is 1200. The van der Waals surface area contributed by atoms with E-state index in [0.717, 1.165) is 0 Å². The van der Waals surface area contributed by atoms with Crippen molar-refractivity contribution in [2.24, 2.45) is 0 Å². The zero-order chi connectivity index (χ0) is 22.4. The summed E-state index contributed by atoms with van der Waals surface area (Å²) < 4.78 is 37.5. The van der Waals surface area contributed by atoms with E-state index in [4.69, 9.17) is 20.8 Å². The standard InChI is InChI=1S/C20H18ClN3O6S/c1-29-18-8-7-14(21)11-17(18)20(26)24-23-19(25)13-4-2-6-16(10-13)31(27,28)22-12-15-5-3-9-30-15/h2-11,22H,12H2,1H3,(H,23,25)(H,24,26). The van der Waals surface area contributed by atoms with Crippen molar-refractivity contribution < 1.29 is 27.2 Å². The van der Waals surface area contributed by atoms with Crippen molar-refractivity contribution in [3.63, 3.8) is 0 Å². The summed E-state index contributed by atoms with van der Waals surface area (Å²) in [5, 5.41) is 0.317. The predicted molar refractivity (Wildman–Crippen MR) is 112 cm³/mol. The minimum atomic E-state index is -3.89. The maximum absolute atomic E-state index is 12.5. The predicted octanol–water partition coefficient (Wildman–Crippen LogP) is 2.49. The fourth-order valence-corrected chi connectivity index (χ4v) is 3.79. The molecule has 0 spiro atoms. The molecule has 2 amide bonds. The Hall–Kier alpha value is -3.34. The molecule has 0 aliphatic rings. The number of hydrogen-bond acceptors (Lipinski definition) is 6. The number of hydrazine groups is 1. The highest BCUT2D eigenvalue weighted by Crippen LogP contribution is 2.22. The van der Waals surface area contributed by atoms with Crippen LogP contribution in [0.3, 0.4) is 0 Å². The van der Waals surface area contributed by atoms with E-state index >= 15 is 0 Å². The number of benzene rings is 2. The second-order valence-corrected chi connectivity index (χ2v) is 8.39. The average Bonchev–Trinajstić information content (AvgIpc) is 3.30. The molecule has 2 aromatic carbocycles. The van der Waals surface area contributed by atoms with Crippen molar-refractivity contribution in [3.05, 3.63) is 82.8 Å². The van der Waals surface area contributed by atoms with Gasteiger partial charge in [0, 0.05) is 10.6 Å². The van der Waals surface area contributed by atoms with Gasteiger partial charge in [-0.15, -0.1) is 0 Å².